The smallest absolute Gasteiger partial charge is 0.328 e. The molecule has 0 spiro atoms. The Morgan fingerprint density at radius 3 is 2.20 bits per heavy atom. The molecule has 2 aromatic carbocycles. The quantitative estimate of drug-likeness (QED) is 0.788. The van der Waals surface area contributed by atoms with E-state index in [-0.39, 0.29) is 0 Å². The van der Waals surface area contributed by atoms with Crippen LogP contribution in [0.1, 0.15) is 30.9 Å². The van der Waals surface area contributed by atoms with E-state index < -0.39 is 18.0 Å². The summed E-state index contributed by atoms with van der Waals surface area (Å²) in [5.41, 5.74) is 2.81. The number of esters is 1. The van der Waals surface area contributed by atoms with Crippen LogP contribution in [-0.4, -0.2) is 25.2 Å². The van der Waals surface area contributed by atoms with Crippen molar-refractivity contribution in [3.63, 3.8) is 0 Å². The monoisotopic (exact) mass is 340 g/mol. The molecule has 0 fully saturated rings. The number of amides is 2. The molecule has 0 radical (unpaired) electrons. The SMILES string of the molecule is COC(=O)[C@H](Cc1ccccc1)NC(=O)Nc1ccc(C(C)C)cc1. The molecule has 2 N–H and O–H groups in total. The third kappa shape index (κ3) is 5.64. The fourth-order valence-electron chi connectivity index (χ4n) is 2.46. The molecule has 1 atom stereocenters. The number of carbonyl (C=O) groups is 2. The van der Waals surface area contributed by atoms with Gasteiger partial charge in [0.2, 0.25) is 0 Å². The van der Waals surface area contributed by atoms with E-state index in [2.05, 4.69) is 24.5 Å². The van der Waals surface area contributed by atoms with E-state index in [4.69, 9.17) is 4.74 Å². The normalized spacial score (nSPS) is 11.7. The van der Waals surface area contributed by atoms with Crippen LogP contribution in [0, 0.1) is 0 Å². The van der Waals surface area contributed by atoms with Gasteiger partial charge in [0, 0.05) is 12.1 Å². The summed E-state index contributed by atoms with van der Waals surface area (Å²) in [6.07, 6.45) is 0.368. The molecule has 0 aliphatic carbocycles. The van der Waals surface area contributed by atoms with Crippen molar-refractivity contribution in [1.29, 1.82) is 0 Å². The molecule has 5 heteroatoms. The summed E-state index contributed by atoms with van der Waals surface area (Å²) in [4.78, 5) is 24.2. The van der Waals surface area contributed by atoms with Crippen LogP contribution in [0.3, 0.4) is 0 Å². The number of nitrogens with one attached hydrogen (secondary N) is 2. The van der Waals surface area contributed by atoms with Crippen LogP contribution in [0.4, 0.5) is 10.5 Å². The zero-order valence-electron chi connectivity index (χ0n) is 14.8. The van der Waals surface area contributed by atoms with E-state index in [1.165, 1.54) is 12.7 Å². The fraction of sp³-hybridized carbons (Fsp3) is 0.300. The average molecular weight is 340 g/mol. The minimum atomic E-state index is -0.748. The molecule has 0 aliphatic rings. The summed E-state index contributed by atoms with van der Waals surface area (Å²) in [5.74, 6) is -0.0494. The Hall–Kier alpha value is -2.82. The number of benzene rings is 2. The van der Waals surface area contributed by atoms with E-state index in [9.17, 15) is 9.59 Å². The number of hydrogen-bond donors (Lipinski definition) is 2. The van der Waals surface area contributed by atoms with Gasteiger partial charge in [-0.05, 0) is 29.2 Å². The van der Waals surface area contributed by atoms with Crippen LogP contribution in [0.5, 0.6) is 0 Å². The van der Waals surface area contributed by atoms with Gasteiger partial charge in [0.05, 0.1) is 7.11 Å². The first-order valence-electron chi connectivity index (χ1n) is 8.29. The molecule has 0 saturated heterocycles. The van der Waals surface area contributed by atoms with Gasteiger partial charge in [-0.15, -0.1) is 0 Å². The highest BCUT2D eigenvalue weighted by molar-refractivity contribution is 5.92. The second-order valence-electron chi connectivity index (χ2n) is 6.14. The van der Waals surface area contributed by atoms with Crippen LogP contribution in [0.25, 0.3) is 0 Å². The van der Waals surface area contributed by atoms with E-state index >= 15 is 0 Å². The summed E-state index contributed by atoms with van der Waals surface area (Å²) in [6, 6.07) is 15.9. The second-order valence-corrected chi connectivity index (χ2v) is 6.14. The third-order valence-electron chi connectivity index (χ3n) is 3.91. The number of rotatable bonds is 6. The molecule has 0 aliphatic heterocycles. The van der Waals surface area contributed by atoms with Crippen molar-refractivity contribution in [2.24, 2.45) is 0 Å². The first-order valence-corrected chi connectivity index (χ1v) is 8.29. The van der Waals surface area contributed by atoms with E-state index in [1.54, 1.807) is 0 Å². The Kier molecular flexibility index (Phi) is 6.57. The fourth-order valence-corrected chi connectivity index (χ4v) is 2.46. The number of anilines is 1. The van der Waals surface area contributed by atoms with Crippen molar-refractivity contribution in [3.05, 3.63) is 65.7 Å². The molecule has 0 aromatic heterocycles. The lowest BCUT2D eigenvalue weighted by molar-refractivity contribution is -0.142. The molecular weight excluding hydrogens is 316 g/mol. The zero-order valence-corrected chi connectivity index (χ0v) is 14.8. The molecule has 2 rings (SSSR count). The van der Waals surface area contributed by atoms with Gasteiger partial charge in [-0.25, -0.2) is 9.59 Å². The van der Waals surface area contributed by atoms with Crippen molar-refractivity contribution in [1.82, 2.24) is 5.32 Å². The molecule has 0 heterocycles. The molecule has 5 nitrogen and oxygen atoms in total. The van der Waals surface area contributed by atoms with Gasteiger partial charge in [0.1, 0.15) is 6.04 Å². The topological polar surface area (TPSA) is 67.4 Å². The van der Waals surface area contributed by atoms with Gasteiger partial charge in [-0.2, -0.15) is 0 Å². The van der Waals surface area contributed by atoms with Crippen molar-refractivity contribution < 1.29 is 14.3 Å². The lowest BCUT2D eigenvalue weighted by Crippen LogP contribution is -2.45. The average Bonchev–Trinajstić information content (AvgIpc) is 2.61. The van der Waals surface area contributed by atoms with Crippen molar-refractivity contribution in [2.75, 3.05) is 12.4 Å². The summed E-state index contributed by atoms with van der Waals surface area (Å²) in [6.45, 7) is 4.22. The molecule has 25 heavy (non-hydrogen) atoms. The Morgan fingerprint density at radius 1 is 1.00 bits per heavy atom. The van der Waals surface area contributed by atoms with Gasteiger partial charge >= 0.3 is 12.0 Å². The van der Waals surface area contributed by atoms with Crippen LogP contribution in [-0.2, 0) is 16.0 Å². The Morgan fingerprint density at radius 2 is 1.64 bits per heavy atom. The molecule has 0 unspecified atom stereocenters. The Labute approximate surface area is 148 Å². The maximum absolute atomic E-state index is 12.2. The Bertz CT molecular complexity index is 697. The van der Waals surface area contributed by atoms with Crippen LogP contribution in [0.15, 0.2) is 54.6 Å². The maximum Gasteiger partial charge on any atom is 0.328 e. The van der Waals surface area contributed by atoms with Crippen molar-refractivity contribution in [3.8, 4) is 0 Å². The molecule has 2 aromatic rings. The molecule has 2 amide bonds. The van der Waals surface area contributed by atoms with Gasteiger partial charge < -0.3 is 15.4 Å². The second kappa shape index (κ2) is 8.87. The van der Waals surface area contributed by atoms with Crippen molar-refractivity contribution in [2.45, 2.75) is 32.2 Å². The molecule has 132 valence electrons. The zero-order chi connectivity index (χ0) is 18.2. The van der Waals surface area contributed by atoms with Gasteiger partial charge in [-0.1, -0.05) is 56.3 Å². The standard InChI is InChI=1S/C20H24N2O3/c1-14(2)16-9-11-17(12-10-16)21-20(24)22-18(19(23)25-3)13-15-7-5-4-6-8-15/h4-12,14,18H,13H2,1-3H3,(H2,21,22,24)/t18-/m0/s1. The highest BCUT2D eigenvalue weighted by atomic mass is 16.5. The maximum atomic E-state index is 12.2. The first-order chi connectivity index (χ1) is 12.0. The van der Waals surface area contributed by atoms with E-state index in [1.807, 2.05) is 54.6 Å². The van der Waals surface area contributed by atoms with E-state index in [0.717, 1.165) is 5.56 Å². The third-order valence-corrected chi connectivity index (χ3v) is 3.91. The summed E-state index contributed by atoms with van der Waals surface area (Å²) in [5, 5.41) is 5.42. The highest BCUT2D eigenvalue weighted by Crippen LogP contribution is 2.17. The first kappa shape index (κ1) is 18.5. The van der Waals surface area contributed by atoms with Crippen LogP contribution >= 0.6 is 0 Å². The number of ether oxygens (including phenoxy) is 1. The van der Waals surface area contributed by atoms with E-state index in [0.29, 0.717) is 18.0 Å². The van der Waals surface area contributed by atoms with Crippen LogP contribution < -0.4 is 10.6 Å². The lowest BCUT2D eigenvalue weighted by Gasteiger charge is -2.17. The minimum absolute atomic E-state index is 0.368. The predicted octanol–water partition coefficient (Wildman–Crippen LogP) is 3.72. The number of carbonyl (C=O) groups excluding carboxylic acids is 2. The van der Waals surface area contributed by atoms with Gasteiger partial charge in [-0.3, -0.25) is 0 Å². The predicted molar refractivity (Wildman–Crippen MR) is 98.6 cm³/mol. The van der Waals surface area contributed by atoms with Crippen LogP contribution in [0.2, 0.25) is 0 Å². The highest BCUT2D eigenvalue weighted by Gasteiger charge is 2.22. The van der Waals surface area contributed by atoms with Gasteiger partial charge in [0.15, 0.2) is 0 Å². The molecule has 0 saturated carbocycles. The summed E-state index contributed by atoms with van der Waals surface area (Å²) >= 11 is 0. The largest absolute Gasteiger partial charge is 0.467 e. The minimum Gasteiger partial charge on any atom is -0.467 e. The summed E-state index contributed by atoms with van der Waals surface area (Å²) < 4.78 is 4.80. The Balaban J connectivity index is 2.00. The summed E-state index contributed by atoms with van der Waals surface area (Å²) in [7, 11) is 1.31. The number of urea groups is 1. The van der Waals surface area contributed by atoms with Crippen molar-refractivity contribution >= 4 is 17.7 Å². The number of methoxy groups -OCH3 is 1. The molecule has 0 bridgehead atoms. The lowest BCUT2D eigenvalue weighted by atomic mass is 10.0. The number of hydrogen-bond acceptors (Lipinski definition) is 3. The van der Waals surface area contributed by atoms with Gasteiger partial charge in [0.25, 0.3) is 0 Å². The molecular formula is C20H24N2O3.